The van der Waals surface area contributed by atoms with Crippen molar-refractivity contribution in [2.45, 2.75) is 58.4 Å². The maximum Gasteiger partial charge on any atom is 0.303 e. The minimum atomic E-state index is -0.855. The molecule has 19 heavy (non-hydrogen) atoms. The summed E-state index contributed by atoms with van der Waals surface area (Å²) in [6.45, 7) is 3.86. The molecule has 0 atom stereocenters. The topological polar surface area (TPSA) is 59.3 Å². The molecular formula is C15H21NO3. The average Bonchev–Trinajstić information content (AvgIpc) is 2.81. The zero-order valence-corrected chi connectivity index (χ0v) is 11.6. The molecular weight excluding hydrogens is 242 g/mol. The van der Waals surface area contributed by atoms with E-state index in [-0.39, 0.29) is 12.0 Å². The molecule has 0 saturated heterocycles. The average molecular weight is 263 g/mol. The highest BCUT2D eigenvalue weighted by Crippen LogP contribution is 2.29. The van der Waals surface area contributed by atoms with Crippen molar-refractivity contribution in [1.29, 1.82) is 0 Å². The summed E-state index contributed by atoms with van der Waals surface area (Å²) in [6, 6.07) is 2.31. The first-order valence-electron chi connectivity index (χ1n) is 6.94. The number of hydrogen-bond donors (Lipinski definition) is 1. The highest BCUT2D eigenvalue weighted by Gasteiger charge is 2.21. The van der Waals surface area contributed by atoms with E-state index in [1.165, 1.54) is 12.8 Å². The quantitative estimate of drug-likeness (QED) is 0.908. The molecule has 1 fully saturated rings. The highest BCUT2D eigenvalue weighted by molar-refractivity contribution is 5.67. The van der Waals surface area contributed by atoms with Gasteiger partial charge in [0.25, 0.3) is 5.56 Å². The van der Waals surface area contributed by atoms with Crippen LogP contribution in [0.1, 0.15) is 55.0 Å². The van der Waals surface area contributed by atoms with Gasteiger partial charge in [-0.25, -0.2) is 0 Å². The molecule has 0 unspecified atom stereocenters. The normalized spacial score (nSPS) is 15.9. The van der Waals surface area contributed by atoms with Crippen LogP contribution in [0, 0.1) is 13.8 Å². The van der Waals surface area contributed by atoms with Crippen molar-refractivity contribution < 1.29 is 9.90 Å². The molecule has 1 aromatic rings. The lowest BCUT2D eigenvalue weighted by Gasteiger charge is -2.19. The summed E-state index contributed by atoms with van der Waals surface area (Å²) in [5.41, 5.74) is 2.59. The molecule has 1 aliphatic carbocycles. The van der Waals surface area contributed by atoms with Crippen LogP contribution in [0.15, 0.2) is 10.9 Å². The SMILES string of the molecule is Cc1cc(C)n(C2CCCC2)c(=O)c1CCC(=O)O. The van der Waals surface area contributed by atoms with Gasteiger partial charge in [0.1, 0.15) is 0 Å². The Morgan fingerprint density at radius 2 is 2.00 bits per heavy atom. The van der Waals surface area contributed by atoms with Crippen LogP contribution in [-0.4, -0.2) is 15.6 Å². The van der Waals surface area contributed by atoms with Crippen LogP contribution in [-0.2, 0) is 11.2 Å². The highest BCUT2D eigenvalue weighted by atomic mass is 16.4. The smallest absolute Gasteiger partial charge is 0.303 e. The number of aryl methyl sites for hydroxylation is 2. The number of carboxylic acid groups (broad SMARTS) is 1. The maximum absolute atomic E-state index is 12.6. The van der Waals surface area contributed by atoms with Crippen molar-refractivity contribution in [1.82, 2.24) is 4.57 Å². The molecule has 0 bridgehead atoms. The van der Waals surface area contributed by atoms with Gasteiger partial charge in [-0.2, -0.15) is 0 Å². The summed E-state index contributed by atoms with van der Waals surface area (Å²) in [5.74, 6) is -0.855. The van der Waals surface area contributed by atoms with Gasteiger partial charge in [0, 0.05) is 23.7 Å². The third-order valence-corrected chi connectivity index (χ3v) is 4.04. The molecule has 2 rings (SSSR count). The summed E-state index contributed by atoms with van der Waals surface area (Å²) >= 11 is 0. The molecule has 1 heterocycles. The van der Waals surface area contributed by atoms with Gasteiger partial charge in [-0.1, -0.05) is 12.8 Å². The Kier molecular flexibility index (Phi) is 4.08. The molecule has 0 spiro atoms. The molecule has 1 saturated carbocycles. The molecule has 1 aliphatic rings. The number of rotatable bonds is 4. The first kappa shape index (κ1) is 13.8. The summed E-state index contributed by atoms with van der Waals surface area (Å²) in [5, 5.41) is 8.78. The van der Waals surface area contributed by atoms with E-state index >= 15 is 0 Å². The van der Waals surface area contributed by atoms with E-state index in [4.69, 9.17) is 5.11 Å². The van der Waals surface area contributed by atoms with Crippen LogP contribution >= 0.6 is 0 Å². The Morgan fingerprint density at radius 3 is 2.58 bits per heavy atom. The van der Waals surface area contributed by atoms with Gasteiger partial charge in [0.05, 0.1) is 0 Å². The molecule has 4 nitrogen and oxygen atoms in total. The van der Waals surface area contributed by atoms with Gasteiger partial charge in [0.15, 0.2) is 0 Å². The molecule has 0 aromatic carbocycles. The van der Waals surface area contributed by atoms with Gasteiger partial charge < -0.3 is 9.67 Å². The summed E-state index contributed by atoms with van der Waals surface area (Å²) in [4.78, 5) is 23.3. The second-order valence-corrected chi connectivity index (χ2v) is 5.45. The summed E-state index contributed by atoms with van der Waals surface area (Å²) in [7, 11) is 0. The van der Waals surface area contributed by atoms with Crippen molar-refractivity contribution in [2.24, 2.45) is 0 Å². The number of carboxylic acids is 1. The predicted octanol–water partition coefficient (Wildman–Crippen LogP) is 2.60. The van der Waals surface area contributed by atoms with Crippen LogP contribution in [0.3, 0.4) is 0 Å². The lowest BCUT2D eigenvalue weighted by molar-refractivity contribution is -0.136. The van der Waals surface area contributed by atoms with Crippen LogP contribution < -0.4 is 5.56 Å². The molecule has 0 aliphatic heterocycles. The number of nitrogens with zero attached hydrogens (tertiary/aromatic N) is 1. The molecule has 4 heteroatoms. The zero-order chi connectivity index (χ0) is 14.0. The largest absolute Gasteiger partial charge is 0.481 e. The van der Waals surface area contributed by atoms with Crippen molar-refractivity contribution in [3.63, 3.8) is 0 Å². The van der Waals surface area contributed by atoms with E-state index in [2.05, 4.69) is 0 Å². The predicted molar refractivity (Wildman–Crippen MR) is 73.6 cm³/mol. The fourth-order valence-corrected chi connectivity index (χ4v) is 3.10. The van der Waals surface area contributed by atoms with Crippen molar-refractivity contribution in [3.05, 3.63) is 33.2 Å². The van der Waals surface area contributed by atoms with E-state index in [0.29, 0.717) is 18.0 Å². The lowest BCUT2D eigenvalue weighted by Crippen LogP contribution is -2.29. The number of carbonyl (C=O) groups is 1. The molecule has 104 valence electrons. The fourth-order valence-electron chi connectivity index (χ4n) is 3.10. The second-order valence-electron chi connectivity index (χ2n) is 5.45. The van der Waals surface area contributed by atoms with Crippen LogP contribution in [0.4, 0.5) is 0 Å². The van der Waals surface area contributed by atoms with Gasteiger partial charge >= 0.3 is 5.97 Å². The standard InChI is InChI=1S/C15H21NO3/c1-10-9-11(2)16(12-5-3-4-6-12)15(19)13(10)7-8-14(17)18/h9,12H,3-8H2,1-2H3,(H,17,18). The van der Waals surface area contributed by atoms with Crippen molar-refractivity contribution >= 4 is 5.97 Å². The zero-order valence-electron chi connectivity index (χ0n) is 11.6. The molecule has 0 amide bonds. The van der Waals surface area contributed by atoms with Gasteiger partial charge in [-0.15, -0.1) is 0 Å². The molecule has 1 N–H and O–H groups in total. The van der Waals surface area contributed by atoms with Crippen LogP contribution in [0.2, 0.25) is 0 Å². The Balaban J connectivity index is 2.40. The van der Waals surface area contributed by atoms with Crippen LogP contribution in [0.5, 0.6) is 0 Å². The Labute approximate surface area is 113 Å². The third kappa shape index (κ3) is 2.88. The first-order chi connectivity index (χ1) is 9.00. The van der Waals surface area contributed by atoms with Crippen molar-refractivity contribution in [3.8, 4) is 0 Å². The maximum atomic E-state index is 12.6. The molecule has 1 aromatic heterocycles. The Bertz CT molecular complexity index is 539. The van der Waals surface area contributed by atoms with Gasteiger partial charge in [0.2, 0.25) is 0 Å². The van der Waals surface area contributed by atoms with Crippen molar-refractivity contribution in [2.75, 3.05) is 0 Å². The van der Waals surface area contributed by atoms with E-state index in [1.807, 2.05) is 24.5 Å². The lowest BCUT2D eigenvalue weighted by atomic mass is 10.0. The van der Waals surface area contributed by atoms with Gasteiger partial charge in [-0.05, 0) is 44.7 Å². The Hall–Kier alpha value is -1.58. The van der Waals surface area contributed by atoms with E-state index < -0.39 is 5.97 Å². The number of pyridine rings is 1. The van der Waals surface area contributed by atoms with Gasteiger partial charge in [-0.3, -0.25) is 9.59 Å². The molecule has 0 radical (unpaired) electrons. The monoisotopic (exact) mass is 263 g/mol. The summed E-state index contributed by atoms with van der Waals surface area (Å²) < 4.78 is 1.89. The Morgan fingerprint density at radius 1 is 1.37 bits per heavy atom. The third-order valence-electron chi connectivity index (χ3n) is 4.04. The fraction of sp³-hybridized carbons (Fsp3) is 0.600. The summed E-state index contributed by atoms with van der Waals surface area (Å²) in [6.07, 6.45) is 4.81. The first-order valence-corrected chi connectivity index (χ1v) is 6.94. The van der Waals surface area contributed by atoms with E-state index in [9.17, 15) is 9.59 Å². The second kappa shape index (κ2) is 5.59. The number of aromatic nitrogens is 1. The minimum absolute atomic E-state index is 0.0177. The number of hydrogen-bond acceptors (Lipinski definition) is 2. The van der Waals surface area contributed by atoms with E-state index in [1.54, 1.807) is 0 Å². The number of aliphatic carboxylic acids is 1. The van der Waals surface area contributed by atoms with Crippen LogP contribution in [0.25, 0.3) is 0 Å². The minimum Gasteiger partial charge on any atom is -0.481 e. The van der Waals surface area contributed by atoms with E-state index in [0.717, 1.165) is 24.1 Å².